The normalized spacial score (nSPS) is 11.6. The highest BCUT2D eigenvalue weighted by molar-refractivity contribution is 7.80. The Morgan fingerprint density at radius 2 is 2.00 bits per heavy atom. The molecule has 0 aliphatic heterocycles. The summed E-state index contributed by atoms with van der Waals surface area (Å²) in [7, 11) is 4.93. The zero-order chi connectivity index (χ0) is 15.0. The van der Waals surface area contributed by atoms with E-state index < -0.39 is 0 Å². The van der Waals surface area contributed by atoms with E-state index in [1.807, 2.05) is 25.1 Å². The quantitative estimate of drug-likeness (QED) is 0.747. The van der Waals surface area contributed by atoms with E-state index in [1.165, 1.54) is 0 Å². The topological polar surface area (TPSA) is 51.8 Å². The van der Waals surface area contributed by atoms with Crippen LogP contribution in [0, 0.1) is 0 Å². The minimum atomic E-state index is 0.165. The van der Waals surface area contributed by atoms with Gasteiger partial charge in [-0.15, -0.1) is 0 Å². The van der Waals surface area contributed by atoms with Crippen molar-refractivity contribution in [2.45, 2.75) is 19.5 Å². The second-order valence-corrected chi connectivity index (χ2v) is 4.77. The average Bonchev–Trinajstić information content (AvgIpc) is 2.45. The fourth-order valence-corrected chi connectivity index (χ4v) is 2.01. The number of thiocarbonyl (C=S) groups is 1. The third-order valence-electron chi connectivity index (χ3n) is 2.73. The molecule has 0 aliphatic rings. The molecule has 1 aromatic carbocycles. The van der Waals surface area contributed by atoms with Crippen LogP contribution in [-0.4, -0.2) is 39.1 Å². The summed E-state index contributed by atoms with van der Waals surface area (Å²) in [6, 6.07) is 5.86. The van der Waals surface area contributed by atoms with Crippen LogP contribution < -0.4 is 20.1 Å². The van der Waals surface area contributed by atoms with Crippen molar-refractivity contribution >= 4 is 17.3 Å². The molecule has 112 valence electrons. The van der Waals surface area contributed by atoms with E-state index in [2.05, 4.69) is 10.6 Å². The standard InChI is InChI=1S/C14H22N2O3S/c1-10(9-17-2)16-14(20)15-8-11-5-6-12(18-3)7-13(11)19-4/h5-7,10H,8-9H2,1-4H3,(H2,15,16,20). The van der Waals surface area contributed by atoms with Crippen LogP contribution in [0.25, 0.3) is 0 Å². The highest BCUT2D eigenvalue weighted by Crippen LogP contribution is 2.24. The molecule has 0 fully saturated rings. The molecule has 0 bridgehead atoms. The van der Waals surface area contributed by atoms with Crippen LogP contribution in [0.3, 0.4) is 0 Å². The van der Waals surface area contributed by atoms with Crippen molar-refractivity contribution in [1.29, 1.82) is 0 Å². The highest BCUT2D eigenvalue weighted by Gasteiger charge is 2.07. The Kier molecular flexibility index (Phi) is 7.11. The summed E-state index contributed by atoms with van der Waals surface area (Å²) in [6.45, 7) is 3.19. The van der Waals surface area contributed by atoms with Crippen molar-refractivity contribution in [3.63, 3.8) is 0 Å². The number of benzene rings is 1. The largest absolute Gasteiger partial charge is 0.497 e. The molecule has 0 aliphatic carbocycles. The van der Waals surface area contributed by atoms with Gasteiger partial charge < -0.3 is 24.8 Å². The monoisotopic (exact) mass is 298 g/mol. The van der Waals surface area contributed by atoms with Gasteiger partial charge in [0.25, 0.3) is 0 Å². The Balaban J connectivity index is 2.54. The maximum absolute atomic E-state index is 5.34. The lowest BCUT2D eigenvalue weighted by Crippen LogP contribution is -2.42. The molecule has 0 saturated carbocycles. The minimum absolute atomic E-state index is 0.165. The Morgan fingerprint density at radius 1 is 1.25 bits per heavy atom. The van der Waals surface area contributed by atoms with E-state index in [0.29, 0.717) is 18.3 Å². The second-order valence-electron chi connectivity index (χ2n) is 4.36. The minimum Gasteiger partial charge on any atom is -0.497 e. The Morgan fingerprint density at radius 3 is 2.60 bits per heavy atom. The van der Waals surface area contributed by atoms with E-state index in [4.69, 9.17) is 26.4 Å². The molecule has 1 unspecified atom stereocenters. The molecule has 6 heteroatoms. The summed E-state index contributed by atoms with van der Waals surface area (Å²) in [5.74, 6) is 1.53. The molecule has 0 spiro atoms. The van der Waals surface area contributed by atoms with Gasteiger partial charge in [0.2, 0.25) is 0 Å². The SMILES string of the molecule is COCC(C)NC(=S)NCc1ccc(OC)cc1OC. The summed E-state index contributed by atoms with van der Waals surface area (Å²) in [5, 5.41) is 6.88. The molecule has 0 saturated heterocycles. The second kappa shape index (κ2) is 8.60. The number of hydrogen-bond acceptors (Lipinski definition) is 4. The molecule has 0 aromatic heterocycles. The van der Waals surface area contributed by atoms with Crippen molar-refractivity contribution in [3.8, 4) is 11.5 Å². The molecule has 0 amide bonds. The summed E-state index contributed by atoms with van der Waals surface area (Å²) < 4.78 is 15.5. The molecule has 1 aromatic rings. The maximum atomic E-state index is 5.34. The summed E-state index contributed by atoms with van der Waals surface area (Å²) in [4.78, 5) is 0. The van der Waals surface area contributed by atoms with Gasteiger partial charge in [0.05, 0.1) is 20.8 Å². The lowest BCUT2D eigenvalue weighted by Gasteiger charge is -2.17. The summed E-state index contributed by atoms with van der Waals surface area (Å²) >= 11 is 5.23. The van der Waals surface area contributed by atoms with E-state index >= 15 is 0 Å². The number of nitrogens with one attached hydrogen (secondary N) is 2. The molecule has 5 nitrogen and oxygen atoms in total. The molecule has 1 atom stereocenters. The maximum Gasteiger partial charge on any atom is 0.166 e. The van der Waals surface area contributed by atoms with Gasteiger partial charge in [0.1, 0.15) is 11.5 Å². The van der Waals surface area contributed by atoms with Gasteiger partial charge in [0, 0.05) is 31.3 Å². The zero-order valence-electron chi connectivity index (χ0n) is 12.4. The number of methoxy groups -OCH3 is 3. The fourth-order valence-electron chi connectivity index (χ4n) is 1.74. The molecular formula is C14H22N2O3S. The Hall–Kier alpha value is -1.53. The van der Waals surface area contributed by atoms with Gasteiger partial charge in [0.15, 0.2) is 5.11 Å². The molecule has 1 rings (SSSR count). The first-order valence-electron chi connectivity index (χ1n) is 6.35. The van der Waals surface area contributed by atoms with E-state index in [1.54, 1.807) is 21.3 Å². The van der Waals surface area contributed by atoms with Gasteiger partial charge in [-0.25, -0.2) is 0 Å². The molecule has 0 heterocycles. The third-order valence-corrected chi connectivity index (χ3v) is 2.99. The van der Waals surface area contributed by atoms with Crippen LogP contribution in [0.4, 0.5) is 0 Å². The summed E-state index contributed by atoms with van der Waals surface area (Å²) in [5.41, 5.74) is 1.01. The first-order chi connectivity index (χ1) is 9.60. The Bertz CT molecular complexity index is 440. The van der Waals surface area contributed by atoms with Crippen LogP contribution in [0.5, 0.6) is 11.5 Å². The molecular weight excluding hydrogens is 276 g/mol. The van der Waals surface area contributed by atoms with Crippen molar-refractivity contribution in [2.75, 3.05) is 27.9 Å². The number of hydrogen-bond donors (Lipinski definition) is 2. The van der Waals surface area contributed by atoms with E-state index in [-0.39, 0.29) is 6.04 Å². The van der Waals surface area contributed by atoms with Crippen LogP contribution >= 0.6 is 12.2 Å². The molecule has 0 radical (unpaired) electrons. The van der Waals surface area contributed by atoms with Gasteiger partial charge >= 0.3 is 0 Å². The van der Waals surface area contributed by atoms with Crippen LogP contribution in [0.15, 0.2) is 18.2 Å². The molecule has 2 N–H and O–H groups in total. The fraction of sp³-hybridized carbons (Fsp3) is 0.500. The lowest BCUT2D eigenvalue weighted by molar-refractivity contribution is 0.179. The summed E-state index contributed by atoms with van der Waals surface area (Å²) in [6.07, 6.45) is 0. The van der Waals surface area contributed by atoms with Crippen molar-refractivity contribution < 1.29 is 14.2 Å². The van der Waals surface area contributed by atoms with Crippen molar-refractivity contribution in [2.24, 2.45) is 0 Å². The van der Waals surface area contributed by atoms with E-state index in [9.17, 15) is 0 Å². The zero-order valence-corrected chi connectivity index (χ0v) is 13.2. The van der Waals surface area contributed by atoms with Crippen LogP contribution in [-0.2, 0) is 11.3 Å². The first kappa shape index (κ1) is 16.5. The predicted octanol–water partition coefficient (Wildman–Crippen LogP) is 1.70. The first-order valence-corrected chi connectivity index (χ1v) is 6.75. The van der Waals surface area contributed by atoms with Gasteiger partial charge in [-0.1, -0.05) is 0 Å². The van der Waals surface area contributed by atoms with Crippen molar-refractivity contribution in [3.05, 3.63) is 23.8 Å². The Labute approximate surface area is 125 Å². The van der Waals surface area contributed by atoms with Gasteiger partial charge in [-0.05, 0) is 31.3 Å². The molecule has 20 heavy (non-hydrogen) atoms. The van der Waals surface area contributed by atoms with Gasteiger partial charge in [-0.3, -0.25) is 0 Å². The van der Waals surface area contributed by atoms with Crippen LogP contribution in [0.1, 0.15) is 12.5 Å². The smallest absolute Gasteiger partial charge is 0.166 e. The van der Waals surface area contributed by atoms with Gasteiger partial charge in [-0.2, -0.15) is 0 Å². The van der Waals surface area contributed by atoms with E-state index in [0.717, 1.165) is 17.1 Å². The van der Waals surface area contributed by atoms with Crippen LogP contribution in [0.2, 0.25) is 0 Å². The lowest BCUT2D eigenvalue weighted by atomic mass is 10.2. The van der Waals surface area contributed by atoms with Crippen molar-refractivity contribution in [1.82, 2.24) is 10.6 Å². The third kappa shape index (κ3) is 5.22. The number of rotatable bonds is 7. The average molecular weight is 298 g/mol. The highest BCUT2D eigenvalue weighted by atomic mass is 32.1. The number of ether oxygens (including phenoxy) is 3. The predicted molar refractivity (Wildman–Crippen MR) is 83.5 cm³/mol.